The Hall–Kier alpha value is -1.61. The van der Waals surface area contributed by atoms with E-state index in [2.05, 4.69) is 15.9 Å². The van der Waals surface area contributed by atoms with Crippen LogP contribution in [0, 0.1) is 17.1 Å². The van der Waals surface area contributed by atoms with Crippen molar-refractivity contribution >= 4 is 27.6 Å². The molecule has 1 rings (SSSR count). The molecule has 1 N–H and O–H groups in total. The average Bonchev–Trinajstić information content (AvgIpc) is 2.29. The Labute approximate surface area is 106 Å². The Bertz CT molecular complexity index is 485. The van der Waals surface area contributed by atoms with Crippen LogP contribution in [-0.4, -0.2) is 24.7 Å². The van der Waals surface area contributed by atoms with Gasteiger partial charge in [0.15, 0.2) is 5.82 Å². The van der Waals surface area contributed by atoms with E-state index in [4.69, 9.17) is 10.4 Å². The standard InChI is InChI=1S/C11H10BrFN2O2/c1-15(5-4-9(16)17)8-3-2-7(6-14)10(12)11(8)13/h2-3H,4-5H2,1H3,(H,16,17). The molecule has 1 aromatic rings. The van der Waals surface area contributed by atoms with Gasteiger partial charge in [0.1, 0.15) is 6.07 Å². The maximum Gasteiger partial charge on any atom is 0.305 e. The predicted octanol–water partition coefficient (Wildman–Crippen LogP) is 2.37. The van der Waals surface area contributed by atoms with Gasteiger partial charge in [-0.2, -0.15) is 5.26 Å². The third kappa shape index (κ3) is 3.17. The highest BCUT2D eigenvalue weighted by molar-refractivity contribution is 9.10. The smallest absolute Gasteiger partial charge is 0.305 e. The van der Waals surface area contributed by atoms with Gasteiger partial charge in [-0.1, -0.05) is 0 Å². The van der Waals surface area contributed by atoms with E-state index in [1.54, 1.807) is 7.05 Å². The zero-order valence-corrected chi connectivity index (χ0v) is 10.7. The number of aliphatic carboxylic acids is 1. The van der Waals surface area contributed by atoms with Gasteiger partial charge in [0.2, 0.25) is 0 Å². The van der Waals surface area contributed by atoms with Crippen molar-refractivity contribution in [2.75, 3.05) is 18.5 Å². The number of rotatable bonds is 4. The lowest BCUT2D eigenvalue weighted by Crippen LogP contribution is -2.22. The Morgan fingerprint density at radius 3 is 2.82 bits per heavy atom. The summed E-state index contributed by atoms with van der Waals surface area (Å²) in [4.78, 5) is 11.9. The summed E-state index contributed by atoms with van der Waals surface area (Å²) >= 11 is 3.00. The van der Waals surface area contributed by atoms with Gasteiger partial charge in [-0.3, -0.25) is 4.79 Å². The van der Waals surface area contributed by atoms with Crippen LogP contribution in [-0.2, 0) is 4.79 Å². The van der Waals surface area contributed by atoms with Gasteiger partial charge in [-0.05, 0) is 28.1 Å². The molecule has 0 spiro atoms. The fourth-order valence-electron chi connectivity index (χ4n) is 1.30. The molecule has 0 unspecified atom stereocenters. The number of hydrogen-bond donors (Lipinski definition) is 1. The van der Waals surface area contributed by atoms with Crippen LogP contribution in [0.1, 0.15) is 12.0 Å². The molecular formula is C11H10BrFN2O2. The molecule has 17 heavy (non-hydrogen) atoms. The van der Waals surface area contributed by atoms with Gasteiger partial charge in [0.05, 0.1) is 22.1 Å². The van der Waals surface area contributed by atoms with Crippen LogP contribution in [0.2, 0.25) is 0 Å². The minimum absolute atomic E-state index is 0.0758. The molecule has 0 atom stereocenters. The third-order valence-electron chi connectivity index (χ3n) is 2.25. The van der Waals surface area contributed by atoms with Crippen LogP contribution in [0.5, 0.6) is 0 Å². The second kappa shape index (κ2) is 5.64. The van der Waals surface area contributed by atoms with E-state index >= 15 is 0 Å². The van der Waals surface area contributed by atoms with Crippen molar-refractivity contribution in [1.82, 2.24) is 0 Å². The zero-order chi connectivity index (χ0) is 13.0. The van der Waals surface area contributed by atoms with E-state index in [0.717, 1.165) is 0 Å². The number of carboxylic acid groups (broad SMARTS) is 1. The van der Waals surface area contributed by atoms with Gasteiger partial charge >= 0.3 is 5.97 Å². The molecule has 0 aliphatic heterocycles. The molecule has 0 saturated heterocycles. The highest BCUT2D eigenvalue weighted by Gasteiger charge is 2.14. The number of nitriles is 1. The van der Waals surface area contributed by atoms with Crippen LogP contribution in [0.15, 0.2) is 16.6 Å². The van der Waals surface area contributed by atoms with E-state index in [1.165, 1.54) is 17.0 Å². The van der Waals surface area contributed by atoms with E-state index in [9.17, 15) is 9.18 Å². The van der Waals surface area contributed by atoms with Crippen molar-refractivity contribution < 1.29 is 14.3 Å². The number of carbonyl (C=O) groups is 1. The largest absolute Gasteiger partial charge is 0.481 e. The molecule has 0 bridgehead atoms. The highest BCUT2D eigenvalue weighted by atomic mass is 79.9. The second-order valence-electron chi connectivity index (χ2n) is 3.44. The molecule has 0 radical (unpaired) electrons. The first-order chi connectivity index (χ1) is 7.97. The molecule has 0 aliphatic rings. The molecule has 0 aliphatic carbocycles. The molecule has 6 heteroatoms. The zero-order valence-electron chi connectivity index (χ0n) is 9.07. The maximum atomic E-state index is 13.8. The molecule has 4 nitrogen and oxygen atoms in total. The number of benzene rings is 1. The molecule has 90 valence electrons. The van der Waals surface area contributed by atoms with Gasteiger partial charge in [-0.15, -0.1) is 0 Å². The van der Waals surface area contributed by atoms with Crippen molar-refractivity contribution in [3.63, 3.8) is 0 Å². The van der Waals surface area contributed by atoms with Crippen LogP contribution >= 0.6 is 15.9 Å². The molecular weight excluding hydrogens is 291 g/mol. The molecule has 0 fully saturated rings. The lowest BCUT2D eigenvalue weighted by Gasteiger charge is -2.19. The average molecular weight is 301 g/mol. The Morgan fingerprint density at radius 2 is 2.29 bits per heavy atom. The Balaban J connectivity index is 2.96. The quantitative estimate of drug-likeness (QED) is 0.927. The number of nitrogens with zero attached hydrogens (tertiary/aromatic N) is 2. The second-order valence-corrected chi connectivity index (χ2v) is 4.23. The molecule has 1 aromatic carbocycles. The van der Waals surface area contributed by atoms with Gasteiger partial charge in [-0.25, -0.2) is 4.39 Å². The summed E-state index contributed by atoms with van der Waals surface area (Å²) in [5.41, 5.74) is 0.468. The summed E-state index contributed by atoms with van der Waals surface area (Å²) in [6.45, 7) is 0.199. The summed E-state index contributed by atoms with van der Waals surface area (Å²) in [5, 5.41) is 17.3. The Kier molecular flexibility index (Phi) is 4.46. The predicted molar refractivity (Wildman–Crippen MR) is 64.3 cm³/mol. The summed E-state index contributed by atoms with van der Waals surface area (Å²) in [7, 11) is 1.60. The van der Waals surface area contributed by atoms with E-state index < -0.39 is 11.8 Å². The Morgan fingerprint density at radius 1 is 1.65 bits per heavy atom. The van der Waals surface area contributed by atoms with Crippen molar-refractivity contribution in [2.45, 2.75) is 6.42 Å². The fourth-order valence-corrected chi connectivity index (χ4v) is 1.73. The van der Waals surface area contributed by atoms with Crippen LogP contribution in [0.25, 0.3) is 0 Å². The topological polar surface area (TPSA) is 64.3 Å². The summed E-state index contributed by atoms with van der Waals surface area (Å²) in [5.74, 6) is -1.50. The number of carboxylic acids is 1. The first kappa shape index (κ1) is 13.5. The van der Waals surface area contributed by atoms with Crippen molar-refractivity contribution in [3.05, 3.63) is 28.0 Å². The van der Waals surface area contributed by atoms with Crippen molar-refractivity contribution in [3.8, 4) is 6.07 Å². The van der Waals surface area contributed by atoms with Crippen LogP contribution < -0.4 is 4.90 Å². The third-order valence-corrected chi connectivity index (χ3v) is 3.03. The summed E-state index contributed by atoms with van der Waals surface area (Å²) in [6.07, 6.45) is -0.0758. The van der Waals surface area contributed by atoms with Gasteiger partial charge < -0.3 is 10.0 Å². The normalized spacial score (nSPS) is 9.76. The van der Waals surface area contributed by atoms with E-state index in [1.807, 2.05) is 6.07 Å². The molecule has 0 saturated carbocycles. The lowest BCUT2D eigenvalue weighted by molar-refractivity contribution is -0.136. The SMILES string of the molecule is CN(CCC(=O)O)c1ccc(C#N)c(Br)c1F. The minimum Gasteiger partial charge on any atom is -0.481 e. The summed E-state index contributed by atoms with van der Waals surface area (Å²) in [6, 6.07) is 4.80. The first-order valence-corrected chi connectivity index (χ1v) is 5.57. The molecule has 0 aromatic heterocycles. The molecule has 0 heterocycles. The maximum absolute atomic E-state index is 13.8. The summed E-state index contributed by atoms with van der Waals surface area (Å²) < 4.78 is 13.9. The van der Waals surface area contributed by atoms with Gasteiger partial charge in [0.25, 0.3) is 0 Å². The number of halogens is 2. The van der Waals surface area contributed by atoms with Crippen molar-refractivity contribution in [1.29, 1.82) is 5.26 Å². The van der Waals surface area contributed by atoms with E-state index in [0.29, 0.717) is 0 Å². The number of hydrogen-bond acceptors (Lipinski definition) is 3. The number of anilines is 1. The van der Waals surface area contributed by atoms with Gasteiger partial charge in [0, 0.05) is 13.6 Å². The lowest BCUT2D eigenvalue weighted by atomic mass is 10.2. The monoisotopic (exact) mass is 300 g/mol. The van der Waals surface area contributed by atoms with Crippen LogP contribution in [0.4, 0.5) is 10.1 Å². The first-order valence-electron chi connectivity index (χ1n) is 4.78. The highest BCUT2D eigenvalue weighted by Crippen LogP contribution is 2.28. The van der Waals surface area contributed by atoms with Crippen LogP contribution in [0.3, 0.4) is 0 Å². The minimum atomic E-state index is -0.940. The molecule has 0 amide bonds. The van der Waals surface area contributed by atoms with Crippen molar-refractivity contribution in [2.24, 2.45) is 0 Å². The fraction of sp³-hybridized carbons (Fsp3) is 0.273. The van der Waals surface area contributed by atoms with E-state index in [-0.39, 0.29) is 28.7 Å².